The highest BCUT2D eigenvalue weighted by molar-refractivity contribution is 6.34. The van der Waals surface area contributed by atoms with Crippen LogP contribution in [0.25, 0.3) is 10.8 Å². The maximum absolute atomic E-state index is 10.6. The first-order valence-corrected chi connectivity index (χ1v) is 5.20. The van der Waals surface area contributed by atoms with Crippen LogP contribution >= 0.6 is 0 Å². The summed E-state index contributed by atoms with van der Waals surface area (Å²) in [5, 5.41) is 14.6. The van der Waals surface area contributed by atoms with Crippen molar-refractivity contribution in [2.75, 3.05) is 5.43 Å². The quantitative estimate of drug-likeness (QED) is 0.627. The largest absolute Gasteiger partial charge is 0.477 e. The van der Waals surface area contributed by atoms with Crippen LogP contribution in [0.15, 0.2) is 47.6 Å². The first kappa shape index (κ1) is 11.1. The number of rotatable bonds is 3. The van der Waals surface area contributed by atoms with Gasteiger partial charge in [0.05, 0.1) is 5.69 Å². The van der Waals surface area contributed by atoms with E-state index in [1.54, 1.807) is 0 Å². The van der Waals surface area contributed by atoms with Crippen LogP contribution in [0.5, 0.6) is 0 Å². The molecule has 0 spiro atoms. The lowest BCUT2D eigenvalue weighted by atomic mass is 10.1. The number of nitrogens with zero attached hydrogens (tertiary/aromatic N) is 1. The molecule has 4 nitrogen and oxygen atoms in total. The first-order valence-electron chi connectivity index (χ1n) is 5.20. The predicted octanol–water partition coefficient (Wildman–Crippen LogP) is 2.71. The molecule has 17 heavy (non-hydrogen) atoms. The third kappa shape index (κ3) is 2.42. The Bertz CT molecular complexity index is 585. The number of hydrogen-bond acceptors (Lipinski definition) is 3. The average molecular weight is 228 g/mol. The Morgan fingerprint density at radius 3 is 2.65 bits per heavy atom. The number of anilines is 1. The molecule has 0 saturated carbocycles. The van der Waals surface area contributed by atoms with Gasteiger partial charge >= 0.3 is 5.97 Å². The molecular weight excluding hydrogens is 216 g/mol. The molecule has 0 radical (unpaired) electrons. The summed E-state index contributed by atoms with van der Waals surface area (Å²) in [7, 11) is 0. The number of nitrogens with one attached hydrogen (secondary N) is 1. The third-order valence-corrected chi connectivity index (χ3v) is 2.44. The van der Waals surface area contributed by atoms with Gasteiger partial charge in [-0.05, 0) is 18.4 Å². The molecule has 0 saturated heterocycles. The molecular formula is C13H12N2O2. The predicted molar refractivity (Wildman–Crippen MR) is 68.3 cm³/mol. The number of carboxylic acid groups (broad SMARTS) is 1. The van der Waals surface area contributed by atoms with Crippen LogP contribution in [0.3, 0.4) is 0 Å². The number of carbonyl (C=O) groups is 1. The molecule has 0 aliphatic rings. The lowest BCUT2D eigenvalue weighted by molar-refractivity contribution is -0.129. The van der Waals surface area contributed by atoms with Crippen molar-refractivity contribution >= 4 is 28.1 Å². The van der Waals surface area contributed by atoms with Gasteiger partial charge in [-0.2, -0.15) is 5.10 Å². The van der Waals surface area contributed by atoms with Crippen LogP contribution in [0.2, 0.25) is 0 Å². The molecule has 0 atom stereocenters. The molecule has 0 fully saturated rings. The van der Waals surface area contributed by atoms with Crippen molar-refractivity contribution in [3.05, 3.63) is 42.5 Å². The van der Waals surface area contributed by atoms with E-state index in [2.05, 4.69) is 10.5 Å². The Kier molecular flexibility index (Phi) is 3.05. The first-order chi connectivity index (χ1) is 8.18. The van der Waals surface area contributed by atoms with E-state index in [-0.39, 0.29) is 5.71 Å². The van der Waals surface area contributed by atoms with Crippen molar-refractivity contribution in [3.8, 4) is 0 Å². The zero-order chi connectivity index (χ0) is 12.3. The highest BCUT2D eigenvalue weighted by Crippen LogP contribution is 2.22. The molecule has 4 heteroatoms. The fourth-order valence-corrected chi connectivity index (χ4v) is 1.51. The molecule has 2 aromatic rings. The molecule has 0 aliphatic carbocycles. The summed E-state index contributed by atoms with van der Waals surface area (Å²) in [6.07, 6.45) is 0. The summed E-state index contributed by atoms with van der Waals surface area (Å²) in [5.41, 5.74) is 3.60. The highest BCUT2D eigenvalue weighted by atomic mass is 16.4. The summed E-state index contributed by atoms with van der Waals surface area (Å²) in [6.45, 7) is 1.44. The second kappa shape index (κ2) is 4.65. The number of fused-ring (bicyclic) bond motifs is 1. The maximum Gasteiger partial charge on any atom is 0.351 e. The number of carboxylic acids is 1. The molecule has 0 bridgehead atoms. The van der Waals surface area contributed by atoms with Gasteiger partial charge in [0.2, 0.25) is 0 Å². The molecule has 0 aromatic heterocycles. The lowest BCUT2D eigenvalue weighted by Gasteiger charge is -2.05. The van der Waals surface area contributed by atoms with E-state index in [4.69, 9.17) is 5.11 Å². The Balaban J connectivity index is 2.37. The average Bonchev–Trinajstić information content (AvgIpc) is 2.35. The van der Waals surface area contributed by atoms with E-state index in [1.165, 1.54) is 6.92 Å². The van der Waals surface area contributed by atoms with E-state index >= 15 is 0 Å². The normalized spacial score (nSPS) is 11.5. The van der Waals surface area contributed by atoms with Crippen LogP contribution in [0.1, 0.15) is 6.92 Å². The number of aliphatic carboxylic acids is 1. The molecule has 0 aliphatic heterocycles. The Morgan fingerprint density at radius 2 is 1.88 bits per heavy atom. The van der Waals surface area contributed by atoms with Gasteiger partial charge in [-0.3, -0.25) is 5.43 Å². The van der Waals surface area contributed by atoms with Crippen LogP contribution in [-0.2, 0) is 4.79 Å². The molecule has 0 heterocycles. The highest BCUT2D eigenvalue weighted by Gasteiger charge is 2.02. The van der Waals surface area contributed by atoms with Gasteiger partial charge < -0.3 is 5.11 Å². The molecule has 2 N–H and O–H groups in total. The van der Waals surface area contributed by atoms with E-state index in [1.807, 2.05) is 42.5 Å². The number of benzene rings is 2. The van der Waals surface area contributed by atoms with Gasteiger partial charge in [0.1, 0.15) is 5.71 Å². The minimum atomic E-state index is -1.03. The maximum atomic E-state index is 10.6. The van der Waals surface area contributed by atoms with Gasteiger partial charge in [-0.15, -0.1) is 0 Å². The topological polar surface area (TPSA) is 61.7 Å². The molecule has 0 amide bonds. The zero-order valence-corrected chi connectivity index (χ0v) is 9.34. The van der Waals surface area contributed by atoms with Crippen molar-refractivity contribution in [1.29, 1.82) is 0 Å². The summed E-state index contributed by atoms with van der Waals surface area (Å²) in [5.74, 6) is -1.03. The molecule has 0 unspecified atom stereocenters. The molecule has 86 valence electrons. The van der Waals surface area contributed by atoms with Crippen LogP contribution in [0.4, 0.5) is 5.69 Å². The monoisotopic (exact) mass is 228 g/mol. The van der Waals surface area contributed by atoms with Crippen LogP contribution in [-0.4, -0.2) is 16.8 Å². The van der Waals surface area contributed by atoms with Gasteiger partial charge in [-0.25, -0.2) is 4.79 Å². The number of hydrogen-bond donors (Lipinski definition) is 2. The minimum Gasteiger partial charge on any atom is -0.477 e. The van der Waals surface area contributed by atoms with Crippen molar-refractivity contribution in [3.63, 3.8) is 0 Å². The van der Waals surface area contributed by atoms with Gasteiger partial charge in [-0.1, -0.05) is 36.4 Å². The van der Waals surface area contributed by atoms with E-state index < -0.39 is 5.97 Å². The molecule has 2 aromatic carbocycles. The Labute approximate surface area is 98.6 Å². The van der Waals surface area contributed by atoms with E-state index in [9.17, 15) is 4.79 Å². The van der Waals surface area contributed by atoms with Crippen LogP contribution in [0, 0.1) is 0 Å². The number of hydrazone groups is 1. The van der Waals surface area contributed by atoms with Crippen molar-refractivity contribution < 1.29 is 9.90 Å². The smallest absolute Gasteiger partial charge is 0.351 e. The summed E-state index contributed by atoms with van der Waals surface area (Å²) in [6, 6.07) is 13.6. The molecule has 2 rings (SSSR count). The minimum absolute atomic E-state index is 0.0259. The van der Waals surface area contributed by atoms with Gasteiger partial charge in [0.15, 0.2) is 0 Å². The van der Waals surface area contributed by atoms with E-state index in [0.29, 0.717) is 0 Å². The fourth-order valence-electron chi connectivity index (χ4n) is 1.51. The standard InChI is InChI=1S/C13H12N2O2/c1-9(13(16)17)14-15-12-8-4-6-10-5-2-3-7-11(10)12/h2-8,15H,1H3,(H,16,17). The van der Waals surface area contributed by atoms with Crippen molar-refractivity contribution in [1.82, 2.24) is 0 Å². The van der Waals surface area contributed by atoms with E-state index in [0.717, 1.165) is 16.5 Å². The summed E-state index contributed by atoms with van der Waals surface area (Å²) >= 11 is 0. The van der Waals surface area contributed by atoms with Gasteiger partial charge in [0.25, 0.3) is 0 Å². The zero-order valence-electron chi connectivity index (χ0n) is 9.34. The Morgan fingerprint density at radius 1 is 1.18 bits per heavy atom. The Hall–Kier alpha value is -2.36. The fraction of sp³-hybridized carbons (Fsp3) is 0.0769. The summed E-state index contributed by atoms with van der Waals surface area (Å²) in [4.78, 5) is 10.6. The lowest BCUT2D eigenvalue weighted by Crippen LogP contribution is -2.10. The van der Waals surface area contributed by atoms with Crippen LogP contribution < -0.4 is 5.43 Å². The second-order valence-electron chi connectivity index (χ2n) is 3.64. The van der Waals surface area contributed by atoms with Crippen molar-refractivity contribution in [2.24, 2.45) is 5.10 Å². The summed E-state index contributed by atoms with van der Waals surface area (Å²) < 4.78 is 0. The SMILES string of the molecule is CC(=NNc1cccc2ccccc12)C(=O)O. The third-order valence-electron chi connectivity index (χ3n) is 2.44. The van der Waals surface area contributed by atoms with Crippen molar-refractivity contribution in [2.45, 2.75) is 6.92 Å². The van der Waals surface area contributed by atoms with Gasteiger partial charge in [0, 0.05) is 5.39 Å². The second-order valence-corrected chi connectivity index (χ2v) is 3.64.